The zero-order valence-electron chi connectivity index (χ0n) is 12.7. The molecular formula is C15H23NO4Zn. The minimum atomic E-state index is -1.11. The van der Waals surface area contributed by atoms with Crippen LogP contribution < -0.4 is 0 Å². The van der Waals surface area contributed by atoms with Crippen molar-refractivity contribution in [3.63, 3.8) is 0 Å². The number of hydrogen-bond donors (Lipinski definition) is 1. The molecule has 1 unspecified atom stereocenters. The number of unbranched alkanes of at least 4 members (excludes halogenated alkanes) is 6. The first-order valence-corrected chi connectivity index (χ1v) is 7.36. The van der Waals surface area contributed by atoms with Crippen LogP contribution in [0.1, 0.15) is 58.3 Å². The summed E-state index contributed by atoms with van der Waals surface area (Å²) in [6, 6.07) is -1.03. The molecule has 0 aromatic rings. The van der Waals surface area contributed by atoms with Crippen LogP contribution in [0, 0.1) is 0 Å². The Kier molecular flexibility index (Phi) is 10.1. The third-order valence-electron chi connectivity index (χ3n) is 3.52. The minimum Gasteiger partial charge on any atom is -0.480 e. The summed E-state index contributed by atoms with van der Waals surface area (Å²) in [6.07, 6.45) is 10.1. The summed E-state index contributed by atoms with van der Waals surface area (Å²) < 4.78 is 0. The van der Waals surface area contributed by atoms with Gasteiger partial charge in [-0.3, -0.25) is 14.5 Å². The van der Waals surface area contributed by atoms with E-state index in [9.17, 15) is 14.4 Å². The van der Waals surface area contributed by atoms with Crippen molar-refractivity contribution < 1.29 is 39.0 Å². The Morgan fingerprint density at radius 2 is 1.52 bits per heavy atom. The van der Waals surface area contributed by atoms with Crippen molar-refractivity contribution in [3.05, 3.63) is 12.2 Å². The number of carboxylic acid groups (broad SMARTS) is 1. The molecule has 1 rings (SSSR count). The Labute approximate surface area is 138 Å². The summed E-state index contributed by atoms with van der Waals surface area (Å²) in [6.45, 7) is 2.16. The van der Waals surface area contributed by atoms with Gasteiger partial charge in [-0.25, -0.2) is 4.79 Å². The van der Waals surface area contributed by atoms with Gasteiger partial charge in [-0.15, -0.1) is 0 Å². The zero-order valence-corrected chi connectivity index (χ0v) is 15.7. The molecule has 1 atom stereocenters. The first-order valence-electron chi connectivity index (χ1n) is 7.36. The van der Waals surface area contributed by atoms with Gasteiger partial charge < -0.3 is 5.11 Å². The van der Waals surface area contributed by atoms with E-state index < -0.39 is 23.8 Å². The normalized spacial score (nSPS) is 15.2. The smallest absolute Gasteiger partial charge is 0.326 e. The van der Waals surface area contributed by atoms with E-state index in [1.807, 2.05) is 0 Å². The summed E-state index contributed by atoms with van der Waals surface area (Å²) in [5, 5.41) is 9.17. The van der Waals surface area contributed by atoms with Gasteiger partial charge >= 0.3 is 5.97 Å². The SMILES string of the molecule is CCCCCCCCCC(C(=O)O)N1C(=O)C=CC1=O.[Zn]. The fourth-order valence-electron chi connectivity index (χ4n) is 2.38. The second-order valence-corrected chi connectivity index (χ2v) is 5.14. The van der Waals surface area contributed by atoms with E-state index in [0.717, 1.165) is 42.7 Å². The molecule has 21 heavy (non-hydrogen) atoms. The van der Waals surface area contributed by atoms with Gasteiger partial charge in [0, 0.05) is 31.6 Å². The fraction of sp³-hybridized carbons (Fsp3) is 0.667. The average molecular weight is 347 g/mol. The van der Waals surface area contributed by atoms with E-state index in [-0.39, 0.29) is 19.5 Å². The van der Waals surface area contributed by atoms with Crippen LogP contribution in [0.25, 0.3) is 0 Å². The third kappa shape index (κ3) is 6.51. The standard InChI is InChI=1S/C15H23NO4.Zn/c1-2-3-4-5-6-7-8-9-12(15(19)20)16-13(17)10-11-14(16)18;/h10-12H,2-9H2,1H3,(H,19,20);. The minimum absolute atomic E-state index is 0. The molecule has 0 aromatic carbocycles. The Hall–Kier alpha value is -1.03. The van der Waals surface area contributed by atoms with Crippen molar-refractivity contribution in [2.24, 2.45) is 0 Å². The van der Waals surface area contributed by atoms with E-state index in [1.54, 1.807) is 0 Å². The number of carboxylic acids is 1. The predicted octanol–water partition coefficient (Wildman–Crippen LogP) is 2.50. The Balaban J connectivity index is 0.00000400. The second-order valence-electron chi connectivity index (χ2n) is 5.14. The zero-order chi connectivity index (χ0) is 15.0. The molecule has 0 aromatic heterocycles. The Bertz CT molecular complexity index is 377. The first-order chi connectivity index (χ1) is 9.57. The van der Waals surface area contributed by atoms with Gasteiger partial charge in [0.05, 0.1) is 0 Å². The molecule has 1 aliphatic heterocycles. The number of nitrogens with zero attached hydrogens (tertiary/aromatic N) is 1. The molecule has 0 radical (unpaired) electrons. The maximum Gasteiger partial charge on any atom is 0.326 e. The van der Waals surface area contributed by atoms with E-state index in [1.165, 1.54) is 19.3 Å². The molecule has 6 heteroatoms. The molecule has 0 saturated carbocycles. The van der Waals surface area contributed by atoms with Crippen molar-refractivity contribution >= 4 is 17.8 Å². The van der Waals surface area contributed by atoms with Crippen molar-refractivity contribution in [2.75, 3.05) is 0 Å². The number of rotatable bonds is 10. The van der Waals surface area contributed by atoms with E-state index in [2.05, 4.69) is 6.92 Å². The molecular weight excluding hydrogens is 324 g/mol. The van der Waals surface area contributed by atoms with E-state index in [0.29, 0.717) is 6.42 Å². The van der Waals surface area contributed by atoms with Crippen molar-refractivity contribution in [3.8, 4) is 0 Å². The molecule has 5 nitrogen and oxygen atoms in total. The number of amides is 2. The predicted molar refractivity (Wildman–Crippen MR) is 75.0 cm³/mol. The molecule has 0 bridgehead atoms. The van der Waals surface area contributed by atoms with Gasteiger partial charge in [-0.05, 0) is 6.42 Å². The van der Waals surface area contributed by atoms with E-state index in [4.69, 9.17) is 5.11 Å². The van der Waals surface area contributed by atoms with Gasteiger partial charge in [0.15, 0.2) is 0 Å². The van der Waals surface area contributed by atoms with Crippen LogP contribution in [0.4, 0.5) is 0 Å². The van der Waals surface area contributed by atoms with Crippen LogP contribution >= 0.6 is 0 Å². The van der Waals surface area contributed by atoms with Crippen LogP contribution in [0.3, 0.4) is 0 Å². The van der Waals surface area contributed by atoms with Gasteiger partial charge in [-0.2, -0.15) is 0 Å². The van der Waals surface area contributed by atoms with Gasteiger partial charge in [0.25, 0.3) is 11.8 Å². The number of hydrogen-bond acceptors (Lipinski definition) is 3. The van der Waals surface area contributed by atoms with E-state index >= 15 is 0 Å². The molecule has 0 aliphatic carbocycles. The summed E-state index contributed by atoms with van der Waals surface area (Å²) in [5.74, 6) is -2.16. The molecule has 0 spiro atoms. The maximum atomic E-state index is 11.5. The monoisotopic (exact) mass is 345 g/mol. The number of aliphatic carboxylic acids is 1. The third-order valence-corrected chi connectivity index (χ3v) is 3.52. The first kappa shape index (κ1) is 20.0. The topological polar surface area (TPSA) is 74.7 Å². The molecule has 1 heterocycles. The van der Waals surface area contributed by atoms with Crippen LogP contribution in [0.2, 0.25) is 0 Å². The molecule has 0 fully saturated rings. The largest absolute Gasteiger partial charge is 0.480 e. The fourth-order valence-corrected chi connectivity index (χ4v) is 2.38. The van der Waals surface area contributed by atoms with Gasteiger partial charge in [-0.1, -0.05) is 51.9 Å². The van der Waals surface area contributed by atoms with Crippen molar-refractivity contribution in [2.45, 2.75) is 64.3 Å². The maximum absolute atomic E-state index is 11.5. The quantitative estimate of drug-likeness (QED) is 0.374. The summed E-state index contributed by atoms with van der Waals surface area (Å²) >= 11 is 0. The average Bonchev–Trinajstić information content (AvgIpc) is 2.73. The van der Waals surface area contributed by atoms with Crippen LogP contribution in [-0.4, -0.2) is 33.8 Å². The Morgan fingerprint density at radius 1 is 1.05 bits per heavy atom. The summed E-state index contributed by atoms with van der Waals surface area (Å²) in [5.41, 5.74) is 0. The van der Waals surface area contributed by atoms with Crippen molar-refractivity contribution in [1.82, 2.24) is 4.90 Å². The summed E-state index contributed by atoms with van der Waals surface area (Å²) in [7, 11) is 0. The number of carbonyl (C=O) groups excluding carboxylic acids is 2. The van der Waals surface area contributed by atoms with Gasteiger partial charge in [0.1, 0.15) is 6.04 Å². The van der Waals surface area contributed by atoms with Crippen LogP contribution in [0.5, 0.6) is 0 Å². The summed E-state index contributed by atoms with van der Waals surface area (Å²) in [4.78, 5) is 35.0. The Morgan fingerprint density at radius 3 is 2.00 bits per heavy atom. The number of imide groups is 1. The molecule has 1 N–H and O–H groups in total. The molecule has 114 valence electrons. The second kappa shape index (κ2) is 10.7. The molecule has 1 aliphatic rings. The molecule has 0 saturated heterocycles. The van der Waals surface area contributed by atoms with Crippen LogP contribution in [-0.2, 0) is 33.9 Å². The van der Waals surface area contributed by atoms with Crippen molar-refractivity contribution in [1.29, 1.82) is 0 Å². The van der Waals surface area contributed by atoms with Crippen LogP contribution in [0.15, 0.2) is 12.2 Å². The molecule has 2 amide bonds. The van der Waals surface area contributed by atoms with Gasteiger partial charge in [0.2, 0.25) is 0 Å². The number of carbonyl (C=O) groups is 3.